The second-order valence-electron chi connectivity index (χ2n) is 4.18. The van der Waals surface area contributed by atoms with Gasteiger partial charge in [-0.15, -0.1) is 0 Å². The number of hydrogen-bond acceptors (Lipinski definition) is 3. The van der Waals surface area contributed by atoms with Crippen molar-refractivity contribution in [1.29, 1.82) is 0 Å². The summed E-state index contributed by atoms with van der Waals surface area (Å²) in [6.07, 6.45) is 0. The topological polar surface area (TPSA) is 90.5 Å². The zero-order chi connectivity index (χ0) is 16.1. The van der Waals surface area contributed by atoms with Crippen LogP contribution in [0.15, 0.2) is 42.5 Å². The first-order chi connectivity index (χ1) is 10.5. The minimum atomic E-state index is -0.706. The fraction of sp³-hybridized carbons (Fsp3) is 0. The van der Waals surface area contributed by atoms with Crippen molar-refractivity contribution in [3.8, 4) is 5.75 Å². The van der Waals surface area contributed by atoms with Crippen molar-refractivity contribution < 1.29 is 14.7 Å². The Morgan fingerprint density at radius 2 is 1.50 bits per heavy atom. The van der Waals surface area contributed by atoms with Crippen LogP contribution in [0.4, 0.5) is 10.5 Å². The maximum absolute atomic E-state index is 11.8. The van der Waals surface area contributed by atoms with Crippen molar-refractivity contribution in [2.45, 2.75) is 0 Å². The molecule has 3 amide bonds. The van der Waals surface area contributed by atoms with E-state index in [-0.39, 0.29) is 27.0 Å². The second-order valence-corrected chi connectivity index (χ2v) is 4.99. The predicted octanol–water partition coefficient (Wildman–Crippen LogP) is 3.17. The lowest BCUT2D eigenvalue weighted by Gasteiger charge is -2.11. The summed E-state index contributed by atoms with van der Waals surface area (Å²) in [5.74, 6) is -0.504. The summed E-state index contributed by atoms with van der Waals surface area (Å²) in [4.78, 5) is 23.5. The molecular weight excluding hydrogens is 329 g/mol. The Morgan fingerprint density at radius 1 is 0.909 bits per heavy atom. The Balaban J connectivity index is 1.93. The smallest absolute Gasteiger partial charge is 0.338 e. The molecule has 0 atom stereocenters. The molecule has 0 aliphatic heterocycles. The van der Waals surface area contributed by atoms with Gasteiger partial charge < -0.3 is 10.4 Å². The lowest BCUT2D eigenvalue weighted by molar-refractivity contribution is 0.0938. The maximum Gasteiger partial charge on any atom is 0.338 e. The molecule has 0 aromatic heterocycles. The second kappa shape index (κ2) is 7.02. The van der Waals surface area contributed by atoms with Gasteiger partial charge in [-0.25, -0.2) is 10.2 Å². The van der Waals surface area contributed by atoms with E-state index in [9.17, 15) is 9.59 Å². The third-order valence-electron chi connectivity index (χ3n) is 2.62. The van der Waals surface area contributed by atoms with Gasteiger partial charge >= 0.3 is 6.03 Å². The van der Waals surface area contributed by atoms with Gasteiger partial charge in [0.25, 0.3) is 5.91 Å². The first-order valence-corrected chi connectivity index (χ1v) is 6.83. The molecule has 6 nitrogen and oxygen atoms in total. The van der Waals surface area contributed by atoms with E-state index in [1.54, 1.807) is 18.2 Å². The lowest BCUT2D eigenvalue weighted by atomic mass is 10.2. The number of phenols is 1. The zero-order valence-corrected chi connectivity index (χ0v) is 12.6. The molecule has 0 spiro atoms. The molecule has 2 rings (SSSR count). The molecule has 0 saturated heterocycles. The van der Waals surface area contributed by atoms with E-state index in [0.29, 0.717) is 0 Å². The highest BCUT2D eigenvalue weighted by Gasteiger charge is 2.11. The van der Waals surface area contributed by atoms with E-state index in [1.165, 1.54) is 24.3 Å². The SMILES string of the molecule is O=C(NNC(=O)c1ccc(O)cc1)Nc1c(Cl)cccc1Cl. The van der Waals surface area contributed by atoms with Crippen molar-refractivity contribution in [2.24, 2.45) is 0 Å². The molecule has 0 aliphatic carbocycles. The number of nitrogens with one attached hydrogen (secondary N) is 3. The Hall–Kier alpha value is -2.44. The van der Waals surface area contributed by atoms with Gasteiger partial charge in [-0.2, -0.15) is 0 Å². The molecule has 0 fully saturated rings. The van der Waals surface area contributed by atoms with Crippen LogP contribution in [0.1, 0.15) is 10.4 Å². The number of anilines is 1. The average molecular weight is 340 g/mol. The minimum absolute atomic E-state index is 0.0376. The lowest BCUT2D eigenvalue weighted by Crippen LogP contribution is -2.43. The quantitative estimate of drug-likeness (QED) is 0.633. The highest BCUT2D eigenvalue weighted by molar-refractivity contribution is 6.39. The summed E-state index contributed by atoms with van der Waals surface area (Å²) in [6, 6.07) is 9.61. The van der Waals surface area contributed by atoms with Gasteiger partial charge in [-0.1, -0.05) is 29.3 Å². The number of rotatable bonds is 2. The minimum Gasteiger partial charge on any atom is -0.508 e. The van der Waals surface area contributed by atoms with Gasteiger partial charge in [0.2, 0.25) is 0 Å². The summed E-state index contributed by atoms with van der Waals surface area (Å²) in [6.45, 7) is 0. The molecule has 0 saturated carbocycles. The highest BCUT2D eigenvalue weighted by Crippen LogP contribution is 2.29. The van der Waals surface area contributed by atoms with Crippen LogP contribution in [0, 0.1) is 0 Å². The van der Waals surface area contributed by atoms with E-state index in [0.717, 1.165) is 0 Å². The highest BCUT2D eigenvalue weighted by atomic mass is 35.5. The number of carbonyl (C=O) groups excluding carboxylic acids is 2. The molecule has 4 N–H and O–H groups in total. The normalized spacial score (nSPS) is 9.91. The number of carbonyl (C=O) groups is 2. The molecule has 0 heterocycles. The Morgan fingerprint density at radius 3 is 2.09 bits per heavy atom. The fourth-order valence-corrected chi connectivity index (χ4v) is 2.05. The predicted molar refractivity (Wildman–Crippen MR) is 84.2 cm³/mol. The van der Waals surface area contributed by atoms with Crippen molar-refractivity contribution in [1.82, 2.24) is 10.9 Å². The zero-order valence-electron chi connectivity index (χ0n) is 11.1. The first-order valence-electron chi connectivity index (χ1n) is 6.08. The van der Waals surface area contributed by atoms with Crippen LogP contribution in [-0.4, -0.2) is 17.0 Å². The van der Waals surface area contributed by atoms with E-state index in [2.05, 4.69) is 16.2 Å². The molecule has 22 heavy (non-hydrogen) atoms. The number of phenolic OH excluding ortho intramolecular Hbond substituents is 1. The number of hydrazine groups is 1. The molecule has 114 valence electrons. The van der Waals surface area contributed by atoms with Crippen molar-refractivity contribution in [3.63, 3.8) is 0 Å². The first kappa shape index (κ1) is 15.9. The Labute approximate surface area is 136 Å². The van der Waals surface area contributed by atoms with Crippen molar-refractivity contribution in [3.05, 3.63) is 58.1 Å². The Bertz CT molecular complexity index is 685. The average Bonchev–Trinajstić information content (AvgIpc) is 2.49. The summed E-state index contributed by atoms with van der Waals surface area (Å²) < 4.78 is 0. The number of urea groups is 1. The van der Waals surface area contributed by atoms with E-state index in [1.807, 2.05) is 0 Å². The van der Waals surface area contributed by atoms with Crippen LogP contribution in [0.25, 0.3) is 0 Å². The van der Waals surface area contributed by atoms with Crippen LogP contribution in [0.5, 0.6) is 5.75 Å². The van der Waals surface area contributed by atoms with E-state index >= 15 is 0 Å². The fourth-order valence-electron chi connectivity index (χ4n) is 1.56. The summed E-state index contributed by atoms with van der Waals surface area (Å²) in [7, 11) is 0. The van der Waals surface area contributed by atoms with Crippen molar-refractivity contribution >= 4 is 40.8 Å². The number of aromatic hydroxyl groups is 1. The van der Waals surface area contributed by atoms with Crippen molar-refractivity contribution in [2.75, 3.05) is 5.32 Å². The maximum atomic E-state index is 11.8. The van der Waals surface area contributed by atoms with Crippen LogP contribution >= 0.6 is 23.2 Å². The molecular formula is C14H11Cl2N3O3. The molecule has 8 heteroatoms. The Kier molecular flexibility index (Phi) is 5.08. The standard InChI is InChI=1S/C14H11Cl2N3O3/c15-10-2-1-3-11(16)12(10)17-14(22)19-18-13(21)8-4-6-9(20)7-5-8/h1-7,20H,(H,18,21)(H2,17,19,22). The monoisotopic (exact) mass is 339 g/mol. The van der Waals surface area contributed by atoms with Crippen LogP contribution in [-0.2, 0) is 0 Å². The molecule has 0 bridgehead atoms. The summed E-state index contributed by atoms with van der Waals surface area (Å²) >= 11 is 11.8. The van der Waals surface area contributed by atoms with Gasteiger partial charge in [-0.3, -0.25) is 10.2 Å². The molecule has 2 aromatic rings. The number of amides is 3. The third kappa shape index (κ3) is 4.03. The number of halogens is 2. The van der Waals surface area contributed by atoms with Gasteiger partial charge in [0, 0.05) is 5.56 Å². The number of hydrogen-bond donors (Lipinski definition) is 4. The van der Waals surface area contributed by atoms with Gasteiger partial charge in [-0.05, 0) is 36.4 Å². The van der Waals surface area contributed by atoms with Crippen LogP contribution in [0.2, 0.25) is 10.0 Å². The molecule has 0 aliphatic rings. The molecule has 2 aromatic carbocycles. The third-order valence-corrected chi connectivity index (χ3v) is 3.25. The van der Waals surface area contributed by atoms with E-state index in [4.69, 9.17) is 28.3 Å². The van der Waals surface area contributed by atoms with Gasteiger partial charge in [0.15, 0.2) is 0 Å². The largest absolute Gasteiger partial charge is 0.508 e. The number of benzene rings is 2. The summed E-state index contributed by atoms with van der Waals surface area (Å²) in [5, 5.41) is 12.1. The van der Waals surface area contributed by atoms with Crippen LogP contribution in [0.3, 0.4) is 0 Å². The number of para-hydroxylation sites is 1. The van der Waals surface area contributed by atoms with Gasteiger partial charge in [0.05, 0.1) is 15.7 Å². The summed E-state index contributed by atoms with van der Waals surface area (Å²) in [5.41, 5.74) is 4.89. The van der Waals surface area contributed by atoms with Crippen LogP contribution < -0.4 is 16.2 Å². The molecule has 0 radical (unpaired) electrons. The molecule has 0 unspecified atom stereocenters. The van der Waals surface area contributed by atoms with Gasteiger partial charge in [0.1, 0.15) is 5.75 Å². The van der Waals surface area contributed by atoms with E-state index < -0.39 is 11.9 Å².